The van der Waals surface area contributed by atoms with Crippen molar-refractivity contribution >= 4 is 23.3 Å². The topological polar surface area (TPSA) is 81.1 Å². The molecule has 0 atom stereocenters. The molecule has 0 unspecified atom stereocenters. The summed E-state index contributed by atoms with van der Waals surface area (Å²) in [6, 6.07) is 5.17. The molecule has 0 spiro atoms. The predicted octanol–water partition coefficient (Wildman–Crippen LogP) is 2.50. The van der Waals surface area contributed by atoms with Crippen molar-refractivity contribution < 1.29 is 9.53 Å². The van der Waals surface area contributed by atoms with Crippen LogP contribution in [0, 0.1) is 0 Å². The first-order chi connectivity index (χ1) is 11.6. The molecule has 130 valence electrons. The summed E-state index contributed by atoms with van der Waals surface area (Å²) in [7, 11) is 1.65. The van der Waals surface area contributed by atoms with E-state index in [0.29, 0.717) is 31.1 Å². The lowest BCUT2D eigenvalue weighted by molar-refractivity contribution is 0.186. The SMILES string of the molecule is CCc1cc(Cl)ccc1NC(=O)NCCc1nncn1CCOC. The zero-order valence-corrected chi connectivity index (χ0v) is 14.6. The van der Waals surface area contributed by atoms with Crippen LogP contribution in [-0.2, 0) is 24.1 Å². The van der Waals surface area contributed by atoms with Crippen LogP contribution in [0.25, 0.3) is 0 Å². The van der Waals surface area contributed by atoms with Crippen LogP contribution in [0.4, 0.5) is 10.5 Å². The van der Waals surface area contributed by atoms with Crippen LogP contribution < -0.4 is 10.6 Å². The van der Waals surface area contributed by atoms with Crippen LogP contribution in [0.3, 0.4) is 0 Å². The number of hydrogen-bond donors (Lipinski definition) is 2. The lowest BCUT2D eigenvalue weighted by atomic mass is 10.1. The number of methoxy groups -OCH3 is 1. The Morgan fingerprint density at radius 3 is 3.00 bits per heavy atom. The van der Waals surface area contributed by atoms with Crippen LogP contribution in [0.15, 0.2) is 24.5 Å². The van der Waals surface area contributed by atoms with E-state index in [1.807, 2.05) is 23.6 Å². The minimum absolute atomic E-state index is 0.255. The summed E-state index contributed by atoms with van der Waals surface area (Å²) in [5.41, 5.74) is 1.76. The average Bonchev–Trinajstić information content (AvgIpc) is 3.02. The van der Waals surface area contributed by atoms with Gasteiger partial charge < -0.3 is 19.9 Å². The first kappa shape index (κ1) is 18.2. The molecule has 7 nitrogen and oxygen atoms in total. The minimum atomic E-state index is -0.255. The second kappa shape index (κ2) is 9.24. The summed E-state index contributed by atoms with van der Waals surface area (Å²) in [5, 5.41) is 14.3. The van der Waals surface area contributed by atoms with Crippen LogP contribution >= 0.6 is 11.6 Å². The van der Waals surface area contributed by atoms with Gasteiger partial charge in [-0.05, 0) is 30.2 Å². The highest BCUT2D eigenvalue weighted by molar-refractivity contribution is 6.30. The number of ether oxygens (including phenoxy) is 1. The van der Waals surface area contributed by atoms with Crippen molar-refractivity contribution in [3.63, 3.8) is 0 Å². The highest BCUT2D eigenvalue weighted by Crippen LogP contribution is 2.21. The summed E-state index contributed by atoms with van der Waals surface area (Å²) in [5.74, 6) is 0.813. The molecule has 8 heteroatoms. The third-order valence-corrected chi connectivity index (χ3v) is 3.80. The number of carbonyl (C=O) groups excluding carboxylic acids is 1. The normalized spacial score (nSPS) is 10.6. The smallest absolute Gasteiger partial charge is 0.319 e. The number of halogens is 1. The molecular weight excluding hydrogens is 330 g/mol. The number of rotatable bonds is 8. The third kappa shape index (κ3) is 5.21. The number of anilines is 1. The molecule has 0 fully saturated rings. The Bertz CT molecular complexity index is 674. The van der Waals surface area contributed by atoms with E-state index in [0.717, 1.165) is 23.5 Å². The maximum absolute atomic E-state index is 12.0. The van der Waals surface area contributed by atoms with E-state index >= 15 is 0 Å². The number of aryl methyl sites for hydroxylation is 1. The van der Waals surface area contributed by atoms with Gasteiger partial charge in [0, 0.05) is 37.3 Å². The molecule has 24 heavy (non-hydrogen) atoms. The monoisotopic (exact) mass is 351 g/mol. The number of carbonyl (C=O) groups is 1. The molecule has 0 aliphatic heterocycles. The van der Waals surface area contributed by atoms with Gasteiger partial charge in [-0.2, -0.15) is 0 Å². The Hall–Kier alpha value is -2.12. The molecule has 0 aliphatic carbocycles. The van der Waals surface area contributed by atoms with E-state index in [-0.39, 0.29) is 6.03 Å². The van der Waals surface area contributed by atoms with Crippen LogP contribution in [0.5, 0.6) is 0 Å². The van der Waals surface area contributed by atoms with Gasteiger partial charge in [-0.25, -0.2) is 4.79 Å². The summed E-state index contributed by atoms with van der Waals surface area (Å²) >= 11 is 5.97. The Morgan fingerprint density at radius 2 is 2.25 bits per heavy atom. The van der Waals surface area contributed by atoms with Gasteiger partial charge in [0.05, 0.1) is 6.61 Å². The summed E-state index contributed by atoms with van der Waals surface area (Å²) < 4.78 is 6.96. The number of hydrogen-bond acceptors (Lipinski definition) is 4. The lowest BCUT2D eigenvalue weighted by Crippen LogP contribution is -2.31. The van der Waals surface area contributed by atoms with E-state index in [1.54, 1.807) is 19.5 Å². The minimum Gasteiger partial charge on any atom is -0.383 e. The van der Waals surface area contributed by atoms with Gasteiger partial charge in [0.15, 0.2) is 0 Å². The molecule has 1 aromatic carbocycles. The Morgan fingerprint density at radius 1 is 1.42 bits per heavy atom. The molecule has 2 aromatic rings. The molecule has 0 saturated carbocycles. The van der Waals surface area contributed by atoms with Gasteiger partial charge in [-0.1, -0.05) is 18.5 Å². The molecule has 0 radical (unpaired) electrons. The maximum Gasteiger partial charge on any atom is 0.319 e. The maximum atomic E-state index is 12.0. The first-order valence-corrected chi connectivity index (χ1v) is 8.20. The van der Waals surface area contributed by atoms with Crippen molar-refractivity contribution in [3.05, 3.63) is 40.9 Å². The highest BCUT2D eigenvalue weighted by atomic mass is 35.5. The predicted molar refractivity (Wildman–Crippen MR) is 93.5 cm³/mol. The van der Waals surface area contributed by atoms with E-state index in [4.69, 9.17) is 16.3 Å². The first-order valence-electron chi connectivity index (χ1n) is 7.83. The highest BCUT2D eigenvalue weighted by Gasteiger charge is 2.08. The van der Waals surface area contributed by atoms with Gasteiger partial charge in [-0.3, -0.25) is 0 Å². The van der Waals surface area contributed by atoms with Crippen molar-refractivity contribution in [2.24, 2.45) is 0 Å². The van der Waals surface area contributed by atoms with Gasteiger partial charge >= 0.3 is 6.03 Å². The molecule has 0 aliphatic rings. The standard InChI is InChI=1S/C16H22ClN5O2/c1-3-12-10-13(17)4-5-14(12)20-16(23)18-7-6-15-21-19-11-22(15)8-9-24-2/h4-5,10-11H,3,6-9H2,1-2H3,(H2,18,20,23). The fraction of sp³-hybridized carbons (Fsp3) is 0.438. The molecule has 2 N–H and O–H groups in total. The zero-order chi connectivity index (χ0) is 17.4. The largest absolute Gasteiger partial charge is 0.383 e. The molecule has 1 heterocycles. The van der Waals surface area contributed by atoms with E-state index in [2.05, 4.69) is 20.8 Å². The number of benzene rings is 1. The molecule has 2 amide bonds. The second-order valence-electron chi connectivity index (χ2n) is 5.22. The van der Waals surface area contributed by atoms with Crippen molar-refractivity contribution in [2.45, 2.75) is 26.3 Å². The van der Waals surface area contributed by atoms with Crippen molar-refractivity contribution in [1.29, 1.82) is 0 Å². The molecular formula is C16H22ClN5O2. The van der Waals surface area contributed by atoms with E-state index in [1.165, 1.54) is 0 Å². The van der Waals surface area contributed by atoms with E-state index in [9.17, 15) is 4.79 Å². The average molecular weight is 352 g/mol. The molecule has 1 aromatic heterocycles. The summed E-state index contributed by atoms with van der Waals surface area (Å²) in [4.78, 5) is 12.0. The Balaban J connectivity index is 1.83. The van der Waals surface area contributed by atoms with Gasteiger partial charge in [-0.15, -0.1) is 10.2 Å². The molecule has 0 bridgehead atoms. The quantitative estimate of drug-likeness (QED) is 0.765. The summed E-state index contributed by atoms with van der Waals surface area (Å²) in [6.45, 7) is 3.76. The fourth-order valence-electron chi connectivity index (χ4n) is 2.28. The lowest BCUT2D eigenvalue weighted by Gasteiger charge is -2.11. The Labute approximate surface area is 146 Å². The Kier molecular flexibility index (Phi) is 7.02. The van der Waals surface area contributed by atoms with Gasteiger partial charge in [0.1, 0.15) is 12.2 Å². The molecule has 2 rings (SSSR count). The van der Waals surface area contributed by atoms with Crippen molar-refractivity contribution in [3.8, 4) is 0 Å². The van der Waals surface area contributed by atoms with Crippen LogP contribution in [0.2, 0.25) is 5.02 Å². The van der Waals surface area contributed by atoms with Crippen molar-refractivity contribution in [2.75, 3.05) is 25.6 Å². The summed E-state index contributed by atoms with van der Waals surface area (Å²) in [6.07, 6.45) is 3.05. The number of nitrogens with zero attached hydrogens (tertiary/aromatic N) is 3. The second-order valence-corrected chi connectivity index (χ2v) is 5.66. The number of urea groups is 1. The number of nitrogens with one attached hydrogen (secondary N) is 2. The zero-order valence-electron chi connectivity index (χ0n) is 13.9. The number of aromatic nitrogens is 3. The van der Waals surface area contributed by atoms with Crippen molar-refractivity contribution in [1.82, 2.24) is 20.1 Å². The van der Waals surface area contributed by atoms with Crippen LogP contribution in [-0.4, -0.2) is 41.1 Å². The van der Waals surface area contributed by atoms with Gasteiger partial charge in [0.25, 0.3) is 0 Å². The van der Waals surface area contributed by atoms with E-state index < -0.39 is 0 Å². The fourth-order valence-corrected chi connectivity index (χ4v) is 2.47. The third-order valence-electron chi connectivity index (χ3n) is 3.56. The number of amides is 2. The molecule has 0 saturated heterocycles. The van der Waals surface area contributed by atoms with Crippen LogP contribution in [0.1, 0.15) is 18.3 Å². The van der Waals surface area contributed by atoms with Gasteiger partial charge in [0.2, 0.25) is 0 Å².